The van der Waals surface area contributed by atoms with Crippen LogP contribution in [0.1, 0.15) is 43.0 Å². The summed E-state index contributed by atoms with van der Waals surface area (Å²) in [6.07, 6.45) is 0.594. The SMILES string of the molecule is FC(F)(F)c1ccc2nc([C@H]3CCN(C4CCC4)C3)[nH]c2c1. The molecule has 1 saturated carbocycles. The van der Waals surface area contributed by atoms with Crippen molar-refractivity contribution in [1.82, 2.24) is 14.9 Å². The van der Waals surface area contributed by atoms with Gasteiger partial charge in [-0.05, 0) is 44.0 Å². The Hall–Kier alpha value is -1.56. The van der Waals surface area contributed by atoms with Crippen LogP contribution < -0.4 is 0 Å². The van der Waals surface area contributed by atoms with Crippen LogP contribution in [0.25, 0.3) is 11.0 Å². The first kappa shape index (κ1) is 14.1. The van der Waals surface area contributed by atoms with Crippen molar-refractivity contribution in [3.05, 3.63) is 29.6 Å². The number of imidazole rings is 1. The van der Waals surface area contributed by atoms with Crippen LogP contribution in [-0.4, -0.2) is 34.0 Å². The highest BCUT2D eigenvalue weighted by atomic mass is 19.4. The maximum atomic E-state index is 12.8. The number of nitrogens with one attached hydrogen (secondary N) is 1. The molecule has 2 aliphatic rings. The number of halogens is 3. The van der Waals surface area contributed by atoms with Gasteiger partial charge in [0.05, 0.1) is 16.6 Å². The van der Waals surface area contributed by atoms with E-state index in [1.807, 2.05) is 0 Å². The van der Waals surface area contributed by atoms with E-state index in [-0.39, 0.29) is 0 Å². The number of benzene rings is 1. The van der Waals surface area contributed by atoms with Crippen molar-refractivity contribution in [2.24, 2.45) is 0 Å². The zero-order chi connectivity index (χ0) is 15.3. The fraction of sp³-hybridized carbons (Fsp3) is 0.562. The maximum absolute atomic E-state index is 12.8. The van der Waals surface area contributed by atoms with E-state index in [9.17, 15) is 13.2 Å². The predicted octanol–water partition coefficient (Wildman–Crippen LogP) is 3.92. The predicted molar refractivity (Wildman–Crippen MR) is 77.7 cm³/mol. The Morgan fingerprint density at radius 3 is 2.68 bits per heavy atom. The fourth-order valence-corrected chi connectivity index (χ4v) is 3.49. The molecule has 3 nitrogen and oxygen atoms in total. The second kappa shape index (κ2) is 4.98. The summed E-state index contributed by atoms with van der Waals surface area (Å²) in [6, 6.07) is 4.43. The molecule has 2 heterocycles. The number of alkyl halides is 3. The molecule has 1 aromatic heterocycles. The third-order valence-corrected chi connectivity index (χ3v) is 5.02. The van der Waals surface area contributed by atoms with Gasteiger partial charge < -0.3 is 4.98 Å². The third-order valence-electron chi connectivity index (χ3n) is 5.02. The summed E-state index contributed by atoms with van der Waals surface area (Å²) in [5, 5.41) is 0. The average molecular weight is 309 g/mol. The summed E-state index contributed by atoms with van der Waals surface area (Å²) < 4.78 is 38.3. The Morgan fingerprint density at radius 1 is 1.18 bits per heavy atom. The number of likely N-dealkylation sites (tertiary alicyclic amines) is 1. The molecule has 1 N–H and O–H groups in total. The Labute approximate surface area is 126 Å². The normalized spacial score (nSPS) is 24.0. The lowest BCUT2D eigenvalue weighted by molar-refractivity contribution is -0.137. The summed E-state index contributed by atoms with van der Waals surface area (Å²) in [4.78, 5) is 10.1. The van der Waals surface area contributed by atoms with Crippen LogP contribution in [0.4, 0.5) is 13.2 Å². The van der Waals surface area contributed by atoms with E-state index >= 15 is 0 Å². The standard InChI is InChI=1S/C16H18F3N3/c17-16(18,19)11-4-5-13-14(8-11)21-15(20-13)10-6-7-22(9-10)12-2-1-3-12/h4-5,8,10,12H,1-3,6-7,9H2,(H,20,21)/t10-/m0/s1. The topological polar surface area (TPSA) is 31.9 Å². The third kappa shape index (κ3) is 2.39. The number of rotatable bonds is 2. The molecule has 0 radical (unpaired) electrons. The number of H-pyrrole nitrogens is 1. The van der Waals surface area contributed by atoms with Crippen molar-refractivity contribution in [2.75, 3.05) is 13.1 Å². The smallest absolute Gasteiger partial charge is 0.342 e. The molecule has 4 rings (SSSR count). The van der Waals surface area contributed by atoms with Crippen molar-refractivity contribution >= 4 is 11.0 Å². The van der Waals surface area contributed by atoms with Gasteiger partial charge in [0.2, 0.25) is 0 Å². The van der Waals surface area contributed by atoms with Gasteiger partial charge in [0.15, 0.2) is 0 Å². The largest absolute Gasteiger partial charge is 0.416 e. The molecule has 0 bridgehead atoms. The van der Waals surface area contributed by atoms with Crippen molar-refractivity contribution in [3.63, 3.8) is 0 Å². The minimum atomic E-state index is -4.31. The zero-order valence-electron chi connectivity index (χ0n) is 12.2. The van der Waals surface area contributed by atoms with Crippen LogP contribution in [0, 0.1) is 0 Å². The van der Waals surface area contributed by atoms with Gasteiger partial charge in [-0.1, -0.05) is 6.42 Å². The number of hydrogen-bond acceptors (Lipinski definition) is 2. The molecule has 1 aliphatic carbocycles. The molecule has 0 amide bonds. The van der Waals surface area contributed by atoms with E-state index in [2.05, 4.69) is 14.9 Å². The Balaban J connectivity index is 1.57. The molecule has 2 aromatic rings. The second-order valence-corrected chi connectivity index (χ2v) is 6.42. The van der Waals surface area contributed by atoms with Gasteiger partial charge in [-0.15, -0.1) is 0 Å². The van der Waals surface area contributed by atoms with Gasteiger partial charge in [0, 0.05) is 18.5 Å². The Kier molecular flexibility index (Phi) is 3.18. The van der Waals surface area contributed by atoms with Crippen LogP contribution >= 0.6 is 0 Å². The quantitative estimate of drug-likeness (QED) is 0.911. The summed E-state index contributed by atoms with van der Waals surface area (Å²) in [5.41, 5.74) is 0.467. The monoisotopic (exact) mass is 309 g/mol. The second-order valence-electron chi connectivity index (χ2n) is 6.42. The molecule has 1 saturated heterocycles. The molecule has 22 heavy (non-hydrogen) atoms. The van der Waals surface area contributed by atoms with Gasteiger partial charge in [-0.3, -0.25) is 4.90 Å². The van der Waals surface area contributed by atoms with Crippen molar-refractivity contribution in [2.45, 2.75) is 43.8 Å². The minimum absolute atomic E-state index is 0.308. The van der Waals surface area contributed by atoms with E-state index < -0.39 is 11.7 Å². The lowest BCUT2D eigenvalue weighted by atomic mass is 9.92. The Bertz CT molecular complexity index is 687. The molecule has 118 valence electrons. The number of aromatic nitrogens is 2. The maximum Gasteiger partial charge on any atom is 0.416 e. The van der Waals surface area contributed by atoms with Crippen molar-refractivity contribution in [3.8, 4) is 0 Å². The van der Waals surface area contributed by atoms with Gasteiger partial charge in [0.1, 0.15) is 5.82 Å². The van der Waals surface area contributed by atoms with Crippen LogP contribution in [0.15, 0.2) is 18.2 Å². The average Bonchev–Trinajstić information content (AvgIpc) is 3.00. The first-order chi connectivity index (χ1) is 10.5. The zero-order valence-corrected chi connectivity index (χ0v) is 12.2. The molecule has 1 atom stereocenters. The number of nitrogens with zero attached hydrogens (tertiary/aromatic N) is 2. The van der Waals surface area contributed by atoms with E-state index in [1.54, 1.807) is 0 Å². The molecule has 6 heteroatoms. The van der Waals surface area contributed by atoms with Gasteiger partial charge in [-0.2, -0.15) is 13.2 Å². The highest BCUT2D eigenvalue weighted by molar-refractivity contribution is 5.76. The van der Waals surface area contributed by atoms with Gasteiger partial charge in [0.25, 0.3) is 0 Å². The van der Waals surface area contributed by atoms with E-state index in [4.69, 9.17) is 0 Å². The minimum Gasteiger partial charge on any atom is -0.342 e. The molecule has 0 unspecified atom stereocenters. The van der Waals surface area contributed by atoms with E-state index in [1.165, 1.54) is 25.3 Å². The first-order valence-electron chi connectivity index (χ1n) is 7.81. The summed E-state index contributed by atoms with van der Waals surface area (Å²) in [5.74, 6) is 1.14. The molecule has 2 fully saturated rings. The van der Waals surface area contributed by atoms with Crippen LogP contribution in [-0.2, 0) is 6.18 Å². The molecule has 1 aliphatic heterocycles. The lowest BCUT2D eigenvalue weighted by Crippen LogP contribution is -2.38. The van der Waals surface area contributed by atoms with Crippen molar-refractivity contribution in [1.29, 1.82) is 0 Å². The summed E-state index contributed by atoms with van der Waals surface area (Å²) >= 11 is 0. The highest BCUT2D eigenvalue weighted by Gasteiger charge is 2.34. The molecule has 1 aromatic carbocycles. The highest BCUT2D eigenvalue weighted by Crippen LogP contribution is 2.35. The number of aromatic amines is 1. The molecular formula is C16H18F3N3. The van der Waals surface area contributed by atoms with Crippen molar-refractivity contribution < 1.29 is 13.2 Å². The molecule has 0 spiro atoms. The molecular weight excluding hydrogens is 291 g/mol. The van der Waals surface area contributed by atoms with E-state index in [0.29, 0.717) is 23.0 Å². The van der Waals surface area contributed by atoms with Crippen LogP contribution in [0.3, 0.4) is 0 Å². The summed E-state index contributed by atoms with van der Waals surface area (Å²) in [7, 11) is 0. The first-order valence-corrected chi connectivity index (χ1v) is 7.81. The number of hydrogen-bond donors (Lipinski definition) is 1. The van der Waals surface area contributed by atoms with Gasteiger partial charge >= 0.3 is 6.18 Å². The number of fused-ring (bicyclic) bond motifs is 1. The van der Waals surface area contributed by atoms with E-state index in [0.717, 1.165) is 37.5 Å². The lowest BCUT2D eigenvalue weighted by Gasteiger charge is -2.34. The van der Waals surface area contributed by atoms with Crippen LogP contribution in [0.5, 0.6) is 0 Å². The van der Waals surface area contributed by atoms with Gasteiger partial charge in [-0.25, -0.2) is 4.98 Å². The Morgan fingerprint density at radius 2 is 2.00 bits per heavy atom. The summed E-state index contributed by atoms with van der Waals surface area (Å²) in [6.45, 7) is 2.04. The van der Waals surface area contributed by atoms with Crippen LogP contribution in [0.2, 0.25) is 0 Å². The fourth-order valence-electron chi connectivity index (χ4n) is 3.49.